The molecule has 0 radical (unpaired) electrons. The van der Waals surface area contributed by atoms with Gasteiger partial charge in [0.2, 0.25) is 0 Å². The average molecular weight is 314 g/mol. The van der Waals surface area contributed by atoms with E-state index in [0.29, 0.717) is 12.6 Å². The van der Waals surface area contributed by atoms with Crippen molar-refractivity contribution in [3.63, 3.8) is 0 Å². The number of halogens is 1. The Morgan fingerprint density at radius 2 is 2.39 bits per heavy atom. The van der Waals surface area contributed by atoms with Gasteiger partial charge in [-0.3, -0.25) is 5.43 Å². The molecular weight excluding hydrogens is 294 g/mol. The van der Waals surface area contributed by atoms with Crippen molar-refractivity contribution in [2.75, 3.05) is 20.2 Å². The standard InChI is InChI=1S/C13H20BrN3O/c1-3-18-12-8-10(9-16-13(12)14)11-6-4-5-7-17(11)15-2/h8-9,11,15H,3-7H2,1-2H3. The molecule has 0 spiro atoms. The second-order valence-corrected chi connectivity index (χ2v) is 5.17. The van der Waals surface area contributed by atoms with Gasteiger partial charge in [-0.25, -0.2) is 9.99 Å². The largest absolute Gasteiger partial charge is 0.491 e. The molecule has 0 saturated carbocycles. The zero-order chi connectivity index (χ0) is 13.0. The Kier molecular flexibility index (Phi) is 4.97. The number of aromatic nitrogens is 1. The van der Waals surface area contributed by atoms with Crippen molar-refractivity contribution in [3.8, 4) is 5.75 Å². The van der Waals surface area contributed by atoms with Gasteiger partial charge >= 0.3 is 0 Å². The van der Waals surface area contributed by atoms with Gasteiger partial charge in [-0.15, -0.1) is 0 Å². The summed E-state index contributed by atoms with van der Waals surface area (Å²) in [5, 5.41) is 2.28. The minimum absolute atomic E-state index is 0.392. The maximum absolute atomic E-state index is 5.59. The summed E-state index contributed by atoms with van der Waals surface area (Å²) < 4.78 is 6.37. The van der Waals surface area contributed by atoms with Crippen molar-refractivity contribution in [3.05, 3.63) is 22.4 Å². The topological polar surface area (TPSA) is 37.4 Å². The molecule has 1 saturated heterocycles. The molecule has 1 atom stereocenters. The molecule has 0 aliphatic carbocycles. The predicted molar refractivity (Wildman–Crippen MR) is 75.5 cm³/mol. The van der Waals surface area contributed by atoms with Gasteiger partial charge in [-0.05, 0) is 54.4 Å². The minimum Gasteiger partial charge on any atom is -0.491 e. The van der Waals surface area contributed by atoms with E-state index in [-0.39, 0.29) is 0 Å². The van der Waals surface area contributed by atoms with Crippen LogP contribution in [0.2, 0.25) is 0 Å². The van der Waals surface area contributed by atoms with Gasteiger partial charge < -0.3 is 4.74 Å². The highest BCUT2D eigenvalue weighted by Gasteiger charge is 2.24. The third-order valence-electron chi connectivity index (χ3n) is 3.30. The molecule has 2 heterocycles. The zero-order valence-corrected chi connectivity index (χ0v) is 12.5. The van der Waals surface area contributed by atoms with Crippen LogP contribution in [-0.2, 0) is 0 Å². The van der Waals surface area contributed by atoms with E-state index in [4.69, 9.17) is 4.74 Å². The molecule has 18 heavy (non-hydrogen) atoms. The third kappa shape index (κ3) is 3.02. The van der Waals surface area contributed by atoms with Crippen LogP contribution in [0.15, 0.2) is 16.9 Å². The highest BCUT2D eigenvalue weighted by Crippen LogP contribution is 2.32. The van der Waals surface area contributed by atoms with E-state index in [1.165, 1.54) is 18.4 Å². The van der Waals surface area contributed by atoms with Crippen LogP contribution in [-0.4, -0.2) is 30.2 Å². The molecule has 1 N–H and O–H groups in total. The SMILES string of the molecule is CCOc1cc(C2CCCCN2NC)cnc1Br. The van der Waals surface area contributed by atoms with Crippen LogP contribution < -0.4 is 10.2 Å². The molecule has 1 unspecified atom stereocenters. The monoisotopic (exact) mass is 313 g/mol. The molecule has 1 aromatic heterocycles. The Labute approximate surface area is 117 Å². The summed E-state index contributed by atoms with van der Waals surface area (Å²) in [5.74, 6) is 0.830. The Balaban J connectivity index is 2.23. The molecule has 1 aromatic rings. The van der Waals surface area contributed by atoms with Crippen molar-refractivity contribution in [1.82, 2.24) is 15.4 Å². The highest BCUT2D eigenvalue weighted by molar-refractivity contribution is 9.10. The van der Waals surface area contributed by atoms with E-state index in [1.54, 1.807) is 0 Å². The van der Waals surface area contributed by atoms with E-state index >= 15 is 0 Å². The van der Waals surface area contributed by atoms with Crippen molar-refractivity contribution >= 4 is 15.9 Å². The lowest BCUT2D eigenvalue weighted by molar-refractivity contribution is 0.0980. The lowest BCUT2D eigenvalue weighted by Gasteiger charge is -2.35. The fourth-order valence-electron chi connectivity index (χ4n) is 2.43. The quantitative estimate of drug-likeness (QED) is 0.867. The maximum Gasteiger partial charge on any atom is 0.152 e. The molecule has 4 nitrogen and oxygen atoms in total. The van der Waals surface area contributed by atoms with Gasteiger partial charge in [-0.2, -0.15) is 0 Å². The first-order valence-electron chi connectivity index (χ1n) is 6.48. The van der Waals surface area contributed by atoms with Crippen LogP contribution in [0, 0.1) is 0 Å². The fraction of sp³-hybridized carbons (Fsp3) is 0.615. The van der Waals surface area contributed by atoms with E-state index in [9.17, 15) is 0 Å². The maximum atomic E-state index is 5.59. The summed E-state index contributed by atoms with van der Waals surface area (Å²) in [4.78, 5) is 4.38. The lowest BCUT2D eigenvalue weighted by atomic mass is 9.98. The number of nitrogens with one attached hydrogen (secondary N) is 1. The number of piperidine rings is 1. The number of hydrogen-bond acceptors (Lipinski definition) is 4. The number of ether oxygens (including phenoxy) is 1. The first-order valence-corrected chi connectivity index (χ1v) is 7.27. The van der Waals surface area contributed by atoms with Crippen LogP contribution in [0.3, 0.4) is 0 Å². The molecule has 2 rings (SSSR count). The second kappa shape index (κ2) is 6.50. The summed E-state index contributed by atoms with van der Waals surface area (Å²) in [7, 11) is 1.98. The number of hydrazine groups is 1. The summed E-state index contributed by atoms with van der Waals surface area (Å²) in [6.45, 7) is 3.73. The molecule has 1 aliphatic rings. The summed E-state index contributed by atoms with van der Waals surface area (Å²) >= 11 is 3.42. The van der Waals surface area contributed by atoms with Crippen LogP contribution in [0.25, 0.3) is 0 Å². The third-order valence-corrected chi connectivity index (χ3v) is 3.90. The van der Waals surface area contributed by atoms with Crippen LogP contribution in [0.4, 0.5) is 0 Å². The Morgan fingerprint density at radius 3 is 3.11 bits per heavy atom. The average Bonchev–Trinajstić information content (AvgIpc) is 2.41. The molecule has 0 bridgehead atoms. The molecular formula is C13H20BrN3O. The van der Waals surface area contributed by atoms with Crippen molar-refractivity contribution < 1.29 is 4.74 Å². The van der Waals surface area contributed by atoms with Gasteiger partial charge in [0.1, 0.15) is 4.60 Å². The van der Waals surface area contributed by atoms with Gasteiger partial charge in [0, 0.05) is 12.7 Å². The zero-order valence-electron chi connectivity index (χ0n) is 10.9. The van der Waals surface area contributed by atoms with Crippen molar-refractivity contribution in [1.29, 1.82) is 0 Å². The van der Waals surface area contributed by atoms with E-state index in [0.717, 1.165) is 23.3 Å². The van der Waals surface area contributed by atoms with Crippen molar-refractivity contribution in [2.45, 2.75) is 32.2 Å². The number of rotatable bonds is 4. The molecule has 5 heteroatoms. The molecule has 0 amide bonds. The van der Waals surface area contributed by atoms with E-state index in [1.807, 2.05) is 20.2 Å². The normalized spacial score (nSPS) is 20.9. The van der Waals surface area contributed by atoms with Gasteiger partial charge in [0.15, 0.2) is 5.75 Å². The Hall–Kier alpha value is -0.650. The minimum atomic E-state index is 0.392. The summed E-state index contributed by atoms with van der Waals surface area (Å²) in [6.07, 6.45) is 5.62. The smallest absolute Gasteiger partial charge is 0.152 e. The first-order chi connectivity index (χ1) is 8.76. The molecule has 0 aromatic carbocycles. The lowest BCUT2D eigenvalue weighted by Crippen LogP contribution is -2.41. The van der Waals surface area contributed by atoms with Crippen LogP contribution >= 0.6 is 15.9 Å². The fourth-order valence-corrected chi connectivity index (χ4v) is 2.76. The van der Waals surface area contributed by atoms with Crippen molar-refractivity contribution in [2.24, 2.45) is 0 Å². The molecule has 100 valence electrons. The highest BCUT2D eigenvalue weighted by atomic mass is 79.9. The van der Waals surface area contributed by atoms with E-state index < -0.39 is 0 Å². The Morgan fingerprint density at radius 1 is 1.56 bits per heavy atom. The second-order valence-electron chi connectivity index (χ2n) is 4.42. The van der Waals surface area contributed by atoms with E-state index in [2.05, 4.69) is 37.4 Å². The number of pyridine rings is 1. The van der Waals surface area contributed by atoms with Crippen LogP contribution in [0.5, 0.6) is 5.75 Å². The number of hydrogen-bond donors (Lipinski definition) is 1. The molecule has 1 aliphatic heterocycles. The number of nitrogens with zero attached hydrogens (tertiary/aromatic N) is 2. The summed E-state index contributed by atoms with van der Waals surface area (Å²) in [6, 6.07) is 2.49. The van der Waals surface area contributed by atoms with Gasteiger partial charge in [0.05, 0.1) is 12.6 Å². The molecule has 1 fully saturated rings. The Bertz CT molecular complexity index is 400. The predicted octanol–water partition coefficient (Wildman–Crippen LogP) is 2.90. The van der Waals surface area contributed by atoms with Crippen LogP contribution in [0.1, 0.15) is 37.8 Å². The van der Waals surface area contributed by atoms with Gasteiger partial charge in [-0.1, -0.05) is 6.42 Å². The summed E-state index contributed by atoms with van der Waals surface area (Å²) in [5.41, 5.74) is 4.49. The first kappa shape index (κ1) is 13.8. The van der Waals surface area contributed by atoms with Gasteiger partial charge in [0.25, 0.3) is 0 Å².